The predicted octanol–water partition coefficient (Wildman–Crippen LogP) is 4.77. The van der Waals surface area contributed by atoms with Crippen LogP contribution in [0.1, 0.15) is 50.1 Å². The van der Waals surface area contributed by atoms with Gasteiger partial charge in [0, 0.05) is 0 Å². The van der Waals surface area contributed by atoms with Crippen molar-refractivity contribution in [2.75, 3.05) is 7.05 Å². The Morgan fingerprint density at radius 2 is 2.00 bits per heavy atom. The molecule has 1 fully saturated rings. The van der Waals surface area contributed by atoms with Crippen LogP contribution in [-0.2, 0) is 0 Å². The molecule has 1 N–H and O–H groups in total. The molecule has 1 aliphatic rings. The van der Waals surface area contributed by atoms with Crippen LogP contribution < -0.4 is 5.32 Å². The Morgan fingerprint density at radius 3 is 2.70 bits per heavy atom. The normalized spacial score (nSPS) is 24.9. The Hall–Kier alpha value is -0.930. The van der Waals surface area contributed by atoms with Crippen molar-refractivity contribution in [3.63, 3.8) is 0 Å². The SMILES string of the molecule is CNC(CC1CCC(C)CC1)c1nc2ccccc2s1. The fraction of sp³-hybridized carbons (Fsp3) is 0.588. The molecule has 0 amide bonds. The first-order valence-electron chi connectivity index (χ1n) is 7.79. The number of nitrogens with zero attached hydrogens (tertiary/aromatic N) is 1. The molecule has 2 aromatic rings. The van der Waals surface area contributed by atoms with E-state index in [-0.39, 0.29) is 0 Å². The highest BCUT2D eigenvalue weighted by Crippen LogP contribution is 2.36. The van der Waals surface area contributed by atoms with E-state index < -0.39 is 0 Å². The Kier molecular flexibility index (Phi) is 4.37. The Labute approximate surface area is 125 Å². The molecule has 1 aromatic carbocycles. The third kappa shape index (κ3) is 3.04. The van der Waals surface area contributed by atoms with Crippen molar-refractivity contribution in [1.29, 1.82) is 0 Å². The molecule has 1 saturated carbocycles. The summed E-state index contributed by atoms with van der Waals surface area (Å²) < 4.78 is 1.31. The van der Waals surface area contributed by atoms with Gasteiger partial charge in [-0.15, -0.1) is 11.3 Å². The van der Waals surface area contributed by atoms with E-state index in [0.29, 0.717) is 6.04 Å². The number of hydrogen-bond acceptors (Lipinski definition) is 3. The summed E-state index contributed by atoms with van der Waals surface area (Å²) in [6, 6.07) is 8.88. The van der Waals surface area contributed by atoms with Gasteiger partial charge in [0.1, 0.15) is 5.01 Å². The third-order valence-corrected chi connectivity index (χ3v) is 5.81. The van der Waals surface area contributed by atoms with Crippen molar-refractivity contribution in [2.24, 2.45) is 11.8 Å². The molecule has 1 unspecified atom stereocenters. The first kappa shape index (κ1) is 14.0. The van der Waals surface area contributed by atoms with Gasteiger partial charge in [0.2, 0.25) is 0 Å². The molecule has 1 aliphatic carbocycles. The summed E-state index contributed by atoms with van der Waals surface area (Å²) in [6.07, 6.45) is 6.83. The van der Waals surface area contributed by atoms with E-state index >= 15 is 0 Å². The molecule has 0 saturated heterocycles. The lowest BCUT2D eigenvalue weighted by molar-refractivity contribution is 0.257. The highest BCUT2D eigenvalue weighted by atomic mass is 32.1. The Morgan fingerprint density at radius 1 is 1.25 bits per heavy atom. The zero-order valence-electron chi connectivity index (χ0n) is 12.4. The zero-order chi connectivity index (χ0) is 13.9. The number of para-hydroxylation sites is 1. The fourth-order valence-electron chi connectivity index (χ4n) is 3.28. The molecular weight excluding hydrogens is 264 g/mol. The number of rotatable bonds is 4. The van der Waals surface area contributed by atoms with Crippen LogP contribution in [-0.4, -0.2) is 12.0 Å². The highest BCUT2D eigenvalue weighted by Gasteiger charge is 2.23. The van der Waals surface area contributed by atoms with Gasteiger partial charge >= 0.3 is 0 Å². The van der Waals surface area contributed by atoms with Crippen molar-refractivity contribution in [2.45, 2.75) is 45.1 Å². The fourth-order valence-corrected chi connectivity index (χ4v) is 4.37. The van der Waals surface area contributed by atoms with E-state index in [1.807, 2.05) is 11.3 Å². The number of benzene rings is 1. The second-order valence-corrected chi connectivity index (χ2v) is 7.28. The van der Waals surface area contributed by atoms with Crippen molar-refractivity contribution < 1.29 is 0 Å². The number of aromatic nitrogens is 1. The minimum Gasteiger partial charge on any atom is -0.311 e. The zero-order valence-corrected chi connectivity index (χ0v) is 13.2. The molecule has 1 atom stereocenters. The number of fused-ring (bicyclic) bond motifs is 1. The summed E-state index contributed by atoms with van der Waals surface area (Å²) in [7, 11) is 2.07. The lowest BCUT2D eigenvalue weighted by Crippen LogP contribution is -2.22. The van der Waals surface area contributed by atoms with Gasteiger partial charge in [-0.3, -0.25) is 0 Å². The van der Waals surface area contributed by atoms with Gasteiger partial charge in [-0.25, -0.2) is 4.98 Å². The second kappa shape index (κ2) is 6.23. The number of hydrogen-bond donors (Lipinski definition) is 1. The van der Waals surface area contributed by atoms with Gasteiger partial charge < -0.3 is 5.32 Å². The molecule has 3 rings (SSSR count). The van der Waals surface area contributed by atoms with Gasteiger partial charge in [0.05, 0.1) is 16.3 Å². The van der Waals surface area contributed by atoms with E-state index in [4.69, 9.17) is 4.98 Å². The molecule has 0 radical (unpaired) electrons. The summed E-state index contributed by atoms with van der Waals surface area (Å²) in [5, 5.41) is 4.74. The largest absolute Gasteiger partial charge is 0.311 e. The minimum atomic E-state index is 0.422. The summed E-state index contributed by atoms with van der Waals surface area (Å²) in [4.78, 5) is 4.82. The lowest BCUT2D eigenvalue weighted by Gasteiger charge is -2.28. The lowest BCUT2D eigenvalue weighted by atomic mass is 9.80. The van der Waals surface area contributed by atoms with Crippen LogP contribution in [0.2, 0.25) is 0 Å². The van der Waals surface area contributed by atoms with Crippen LogP contribution in [0.5, 0.6) is 0 Å². The maximum absolute atomic E-state index is 4.82. The highest BCUT2D eigenvalue weighted by molar-refractivity contribution is 7.18. The van der Waals surface area contributed by atoms with Gasteiger partial charge in [-0.1, -0.05) is 44.7 Å². The maximum Gasteiger partial charge on any atom is 0.111 e. The first-order valence-corrected chi connectivity index (χ1v) is 8.60. The van der Waals surface area contributed by atoms with Crippen LogP contribution in [0.15, 0.2) is 24.3 Å². The minimum absolute atomic E-state index is 0.422. The van der Waals surface area contributed by atoms with E-state index in [1.54, 1.807) is 0 Å². The van der Waals surface area contributed by atoms with Crippen LogP contribution in [0.4, 0.5) is 0 Å². The van der Waals surface area contributed by atoms with Crippen LogP contribution in [0.25, 0.3) is 10.2 Å². The van der Waals surface area contributed by atoms with E-state index in [2.05, 4.69) is 43.6 Å². The standard InChI is InChI=1S/C17H24N2S/c1-12-7-9-13(10-8-12)11-15(18-2)17-19-14-5-3-4-6-16(14)20-17/h3-6,12-13,15,18H,7-11H2,1-2H3. The van der Waals surface area contributed by atoms with Crippen LogP contribution in [0.3, 0.4) is 0 Å². The summed E-state index contributed by atoms with van der Waals surface area (Å²) in [5.74, 6) is 1.80. The Bertz CT molecular complexity index is 522. The van der Waals surface area contributed by atoms with Crippen LogP contribution in [0, 0.1) is 11.8 Å². The molecule has 0 aliphatic heterocycles. The second-order valence-electron chi connectivity index (χ2n) is 6.22. The topological polar surface area (TPSA) is 24.9 Å². The average Bonchev–Trinajstić information content (AvgIpc) is 2.90. The number of nitrogens with one attached hydrogen (secondary N) is 1. The quantitative estimate of drug-likeness (QED) is 0.876. The monoisotopic (exact) mass is 288 g/mol. The van der Waals surface area contributed by atoms with Gasteiger partial charge in [0.15, 0.2) is 0 Å². The molecule has 3 heteroatoms. The molecule has 0 spiro atoms. The summed E-state index contributed by atoms with van der Waals surface area (Å²) >= 11 is 1.85. The van der Waals surface area contributed by atoms with Crippen molar-refractivity contribution in [1.82, 2.24) is 10.3 Å². The maximum atomic E-state index is 4.82. The van der Waals surface area contributed by atoms with Gasteiger partial charge in [-0.2, -0.15) is 0 Å². The molecule has 2 nitrogen and oxygen atoms in total. The van der Waals surface area contributed by atoms with Crippen molar-refractivity contribution in [3.8, 4) is 0 Å². The van der Waals surface area contributed by atoms with Crippen LogP contribution >= 0.6 is 11.3 Å². The molecule has 20 heavy (non-hydrogen) atoms. The van der Waals surface area contributed by atoms with E-state index in [1.165, 1.54) is 41.8 Å². The summed E-state index contributed by atoms with van der Waals surface area (Å²) in [5.41, 5.74) is 1.14. The van der Waals surface area contributed by atoms with Gasteiger partial charge in [0.25, 0.3) is 0 Å². The molecule has 108 valence electrons. The molecule has 0 bridgehead atoms. The summed E-state index contributed by atoms with van der Waals surface area (Å²) in [6.45, 7) is 2.39. The third-order valence-electron chi connectivity index (χ3n) is 4.66. The molecule has 1 heterocycles. The van der Waals surface area contributed by atoms with Gasteiger partial charge in [-0.05, 0) is 37.4 Å². The van der Waals surface area contributed by atoms with E-state index in [9.17, 15) is 0 Å². The van der Waals surface area contributed by atoms with E-state index in [0.717, 1.165) is 17.4 Å². The number of thiazole rings is 1. The first-order chi connectivity index (χ1) is 9.76. The average molecular weight is 288 g/mol. The molecular formula is C17H24N2S. The van der Waals surface area contributed by atoms with Crippen molar-refractivity contribution in [3.05, 3.63) is 29.3 Å². The van der Waals surface area contributed by atoms with Crippen molar-refractivity contribution >= 4 is 21.6 Å². The smallest absolute Gasteiger partial charge is 0.111 e. The predicted molar refractivity (Wildman–Crippen MR) is 87.2 cm³/mol. The molecule has 1 aromatic heterocycles. The Balaban J connectivity index is 1.72.